The average molecular weight is 1570 g/mol. The molecule has 0 aromatic rings. The van der Waals surface area contributed by atoms with Crippen molar-refractivity contribution in [3.8, 4) is 0 Å². The molecule has 28 atom stereocenters. The van der Waals surface area contributed by atoms with Gasteiger partial charge in [0.15, 0.2) is 37.2 Å². The Kier molecular flexibility index (Phi) is 38.0. The summed E-state index contributed by atoms with van der Waals surface area (Å²) in [5.74, 6) is -12.9. The Morgan fingerprint density at radius 2 is 0.738 bits per heavy atom. The van der Waals surface area contributed by atoms with Gasteiger partial charge in [-0.1, -0.05) is 0 Å². The molecule has 4 aliphatic rings. The summed E-state index contributed by atoms with van der Waals surface area (Å²) in [5.41, 5.74) is -4.51. The number of carboxylic acid groups (broad SMARTS) is 4. The molecule has 4 amide bonds. The van der Waals surface area contributed by atoms with Gasteiger partial charge < -0.3 is 193 Å². The first-order chi connectivity index (χ1) is 50.1. The van der Waals surface area contributed by atoms with Crippen molar-refractivity contribution in [1.29, 1.82) is 0 Å². The number of aliphatic hydroxyl groups excluding tert-OH is 24. The number of rotatable bonds is 44. The molecule has 4 heterocycles. The van der Waals surface area contributed by atoms with E-state index in [1.54, 1.807) is 0 Å². The molecule has 32 N–H and O–H groups in total. The SMILES string of the molecule is O=C(O)CN1CCN(CC(=O)O)CC(CCC(=O)NCC(CNC(=O)C(O)C(O)C(OC2OC(CO)C(O)C(O)C2O)C(O)CO)(CNC(=O)C(O)C(O)C(OC2OC(CO)C(O)C(O)C2O)C(O)CO)CNC(=O)C(O)C(O)C(OC2OC(CO)C(O)C(O)C2O)C(O)CO)(N(CC(=O)O)CC(=O)O)CC1. The second kappa shape index (κ2) is 43.3. The molecule has 4 saturated heterocycles. The molecule has 0 bridgehead atoms. The van der Waals surface area contributed by atoms with Gasteiger partial charge in [0.25, 0.3) is 17.7 Å². The van der Waals surface area contributed by atoms with E-state index in [9.17, 15) is 181 Å². The van der Waals surface area contributed by atoms with Crippen molar-refractivity contribution in [1.82, 2.24) is 36.0 Å². The fourth-order valence-electron chi connectivity index (χ4n) is 12.1. The van der Waals surface area contributed by atoms with Crippen LogP contribution < -0.4 is 21.3 Å². The van der Waals surface area contributed by atoms with Gasteiger partial charge in [0.1, 0.15) is 128 Å². The lowest BCUT2D eigenvalue weighted by Crippen LogP contribution is -2.63. The van der Waals surface area contributed by atoms with Gasteiger partial charge >= 0.3 is 23.9 Å². The molecule has 49 nitrogen and oxygen atoms in total. The third-order valence-corrected chi connectivity index (χ3v) is 18.5. The van der Waals surface area contributed by atoms with Crippen LogP contribution >= 0.6 is 0 Å². The number of aliphatic carboxylic acids is 4. The summed E-state index contributed by atoms with van der Waals surface area (Å²) >= 11 is 0. The number of aliphatic hydroxyl groups is 24. The summed E-state index contributed by atoms with van der Waals surface area (Å²) in [6.45, 7) is -17.5. The number of carbonyl (C=O) groups excluding carboxylic acids is 4. The minimum absolute atomic E-state index is 0.106. The highest BCUT2D eigenvalue weighted by atomic mass is 16.7. The molecule has 28 unspecified atom stereocenters. The van der Waals surface area contributed by atoms with Crippen LogP contribution in [0.1, 0.15) is 19.3 Å². The van der Waals surface area contributed by atoms with Gasteiger partial charge in [-0.25, -0.2) is 0 Å². The molecule has 0 radical (unpaired) electrons. The third kappa shape index (κ3) is 25.7. The van der Waals surface area contributed by atoms with E-state index in [-0.39, 0.29) is 19.6 Å². The summed E-state index contributed by atoms with van der Waals surface area (Å²) in [6.07, 6.45) is -65.7. The van der Waals surface area contributed by atoms with Crippen LogP contribution in [0.3, 0.4) is 0 Å². The van der Waals surface area contributed by atoms with E-state index >= 15 is 0 Å². The monoisotopic (exact) mass is 1570 g/mol. The minimum Gasteiger partial charge on any atom is -0.480 e. The van der Waals surface area contributed by atoms with Crippen LogP contribution in [0, 0.1) is 5.41 Å². The predicted octanol–water partition coefficient (Wildman–Crippen LogP) is -20.6. The summed E-state index contributed by atoms with van der Waals surface area (Å²) in [6, 6.07) is 0. The van der Waals surface area contributed by atoms with Crippen LogP contribution in [0.25, 0.3) is 0 Å². The lowest BCUT2D eigenvalue weighted by Gasteiger charge is -2.48. The van der Waals surface area contributed by atoms with Crippen molar-refractivity contribution in [2.75, 3.05) is 118 Å². The molecule has 107 heavy (non-hydrogen) atoms. The normalized spacial score (nSPS) is 31.6. The molecule has 0 spiro atoms. The van der Waals surface area contributed by atoms with Crippen LogP contribution in [-0.4, -0.2) is 494 Å². The molecule has 4 rings (SSSR count). The van der Waals surface area contributed by atoms with E-state index in [4.69, 9.17) is 28.4 Å². The predicted molar refractivity (Wildman–Crippen MR) is 337 cm³/mol. The van der Waals surface area contributed by atoms with E-state index in [2.05, 4.69) is 21.3 Å². The van der Waals surface area contributed by atoms with Crippen molar-refractivity contribution in [3.05, 3.63) is 0 Å². The number of amides is 4. The third-order valence-electron chi connectivity index (χ3n) is 18.5. The van der Waals surface area contributed by atoms with Crippen LogP contribution in [0.5, 0.6) is 0 Å². The van der Waals surface area contributed by atoms with Crippen molar-refractivity contribution in [3.63, 3.8) is 0 Å². The van der Waals surface area contributed by atoms with E-state index in [0.29, 0.717) is 0 Å². The van der Waals surface area contributed by atoms with E-state index in [1.807, 2.05) is 0 Å². The number of ether oxygens (including phenoxy) is 6. The maximum atomic E-state index is 14.6. The van der Waals surface area contributed by atoms with Crippen LogP contribution in [0.4, 0.5) is 0 Å². The Bertz CT molecular complexity index is 2600. The van der Waals surface area contributed by atoms with Crippen LogP contribution in [-0.2, 0) is 66.8 Å². The zero-order valence-corrected chi connectivity index (χ0v) is 57.0. The van der Waals surface area contributed by atoms with E-state index in [1.165, 1.54) is 9.80 Å². The highest BCUT2D eigenvalue weighted by molar-refractivity contribution is 5.83. The number of carboxylic acids is 4. The molecule has 620 valence electrons. The summed E-state index contributed by atoms with van der Waals surface area (Å²) in [5, 5.41) is 303. The van der Waals surface area contributed by atoms with Crippen molar-refractivity contribution in [2.45, 2.75) is 190 Å². The number of carbonyl (C=O) groups is 8. The number of hydrogen-bond donors (Lipinski definition) is 32. The molecule has 4 aliphatic heterocycles. The standard InChI is InChI=1S/C58H101N7O42/c66-11-22(72)48(105-54-45(96)36(87)33(84)25(14-69)102-54)39(90)42(93)51(99)60-18-57(19-61-52(100)43(94)40(91)49(23(73)12-67)106-55-46(97)37(88)34(85)26(15-70)103-55,20-62-53(101)44(95)41(92)50(24(74)13-68)107-56-47(98)38(89)35(86)27(16-71)104-56)17-59-28(75)1-2-58(65(9-31(80)81)10-32(82)83)3-4-63(7-29(76)77)5-6-64(21-58)8-30(78)79/h22-27,33-50,54-56,66-74,84-98H,1-21H2,(H,59,75)(H,60,99)(H,61,100)(H,62,101)(H,76,77)(H,78,79)(H,80,81)(H,82,83). The second-order valence-corrected chi connectivity index (χ2v) is 26.3. The molecular formula is C58H101N7O42. The fraction of sp³-hybridized carbons (Fsp3) is 0.862. The number of nitrogens with zero attached hydrogens (tertiary/aromatic N) is 3. The Labute approximate surface area is 605 Å². The first-order valence-corrected chi connectivity index (χ1v) is 33.1. The van der Waals surface area contributed by atoms with Crippen molar-refractivity contribution >= 4 is 47.5 Å². The van der Waals surface area contributed by atoms with Gasteiger partial charge in [-0.2, -0.15) is 0 Å². The maximum Gasteiger partial charge on any atom is 0.317 e. The fourth-order valence-corrected chi connectivity index (χ4v) is 12.1. The van der Waals surface area contributed by atoms with Gasteiger partial charge in [0, 0.05) is 69.7 Å². The lowest BCUT2D eigenvalue weighted by atomic mass is 9.84. The van der Waals surface area contributed by atoms with E-state index in [0.717, 1.165) is 4.90 Å². The maximum absolute atomic E-state index is 14.6. The first-order valence-electron chi connectivity index (χ1n) is 33.1. The van der Waals surface area contributed by atoms with Crippen molar-refractivity contribution in [2.24, 2.45) is 5.41 Å². The molecule has 0 saturated carbocycles. The van der Waals surface area contributed by atoms with Gasteiger partial charge in [0.2, 0.25) is 5.91 Å². The van der Waals surface area contributed by atoms with E-state index < -0.39 is 342 Å². The Balaban J connectivity index is 1.92. The molecule has 0 aliphatic carbocycles. The summed E-state index contributed by atoms with van der Waals surface area (Å²) < 4.78 is 31.8. The summed E-state index contributed by atoms with van der Waals surface area (Å²) in [7, 11) is 0. The smallest absolute Gasteiger partial charge is 0.317 e. The summed E-state index contributed by atoms with van der Waals surface area (Å²) in [4.78, 5) is 110. The molecule has 0 aromatic heterocycles. The van der Waals surface area contributed by atoms with Gasteiger partial charge in [-0.05, 0) is 12.8 Å². The quantitative estimate of drug-likeness (QED) is 0.0269. The zero-order chi connectivity index (χ0) is 80.9. The zero-order valence-electron chi connectivity index (χ0n) is 57.0. The number of hydrogen-bond acceptors (Lipinski definition) is 41. The van der Waals surface area contributed by atoms with Crippen molar-refractivity contribution < 1.29 is 210 Å². The van der Waals surface area contributed by atoms with Gasteiger partial charge in [-0.15, -0.1) is 0 Å². The Morgan fingerprint density at radius 3 is 1.04 bits per heavy atom. The molecule has 4 fully saturated rings. The van der Waals surface area contributed by atoms with Gasteiger partial charge in [0.05, 0.1) is 65.8 Å². The largest absolute Gasteiger partial charge is 0.480 e. The Morgan fingerprint density at radius 1 is 0.430 bits per heavy atom. The van der Waals surface area contributed by atoms with Crippen LogP contribution in [0.15, 0.2) is 0 Å². The average Bonchev–Trinajstić information content (AvgIpc) is 0.808. The topological polar surface area (TPSA) is 816 Å². The lowest BCUT2D eigenvalue weighted by molar-refractivity contribution is -0.326. The number of nitrogens with one attached hydrogen (secondary N) is 4. The highest BCUT2D eigenvalue weighted by Gasteiger charge is 2.52. The van der Waals surface area contributed by atoms with Crippen LogP contribution in [0.2, 0.25) is 0 Å². The molecule has 0 aromatic carbocycles. The molecule has 49 heteroatoms. The highest BCUT2D eigenvalue weighted by Crippen LogP contribution is 2.32. The first kappa shape index (κ1) is 93.8. The minimum atomic E-state index is -2.99. The second-order valence-electron chi connectivity index (χ2n) is 26.3. The van der Waals surface area contributed by atoms with Gasteiger partial charge in [-0.3, -0.25) is 53.1 Å². The Hall–Kier alpha value is -5.56. The molecular weight excluding hydrogens is 1470 g/mol.